The van der Waals surface area contributed by atoms with Crippen molar-refractivity contribution in [2.24, 2.45) is 5.92 Å². The molecule has 1 aromatic rings. The van der Waals surface area contributed by atoms with Gasteiger partial charge in [0.15, 0.2) is 5.78 Å². The number of carbonyl (C=O) groups excluding carboxylic acids is 2. The van der Waals surface area contributed by atoms with Crippen LogP contribution in [-0.2, 0) is 14.3 Å². The molecule has 6 nitrogen and oxygen atoms in total. The molecule has 1 fully saturated rings. The fraction of sp³-hybridized carbons (Fsp3) is 0.652. The highest BCUT2D eigenvalue weighted by atomic mass is 16.5. The van der Waals surface area contributed by atoms with E-state index in [0.717, 1.165) is 37.2 Å². The highest BCUT2D eigenvalue weighted by Gasteiger charge is 2.24. The zero-order chi connectivity index (χ0) is 21.6. The molecule has 1 aliphatic heterocycles. The summed E-state index contributed by atoms with van der Waals surface area (Å²) in [5.74, 6) is 0.249. The SMILES string of the molecule is CC.CC(=O)c1ccc(N2CCC(C(=O)NCCOCCOC(C)C)CC2)cc1.[HH]. The van der Waals surface area contributed by atoms with E-state index in [1.165, 1.54) is 0 Å². The quantitative estimate of drug-likeness (QED) is 0.469. The average molecular weight is 409 g/mol. The normalized spacial score (nSPS) is 14.3. The van der Waals surface area contributed by atoms with Gasteiger partial charge in [0.2, 0.25) is 5.91 Å². The smallest absolute Gasteiger partial charge is 0.223 e. The molecule has 0 unspecified atom stereocenters. The molecule has 1 aromatic carbocycles. The number of benzene rings is 1. The molecule has 0 atom stereocenters. The lowest BCUT2D eigenvalue weighted by molar-refractivity contribution is -0.125. The van der Waals surface area contributed by atoms with Crippen LogP contribution < -0.4 is 10.2 Å². The summed E-state index contributed by atoms with van der Waals surface area (Å²) in [6.45, 7) is 13.4. The van der Waals surface area contributed by atoms with Crippen LogP contribution in [0.4, 0.5) is 5.69 Å². The first-order valence-corrected chi connectivity index (χ1v) is 10.8. The molecule has 1 amide bonds. The van der Waals surface area contributed by atoms with E-state index in [4.69, 9.17) is 9.47 Å². The number of amides is 1. The molecular formula is C23H40N2O4. The first-order valence-electron chi connectivity index (χ1n) is 10.8. The Morgan fingerprint density at radius 3 is 2.28 bits per heavy atom. The summed E-state index contributed by atoms with van der Waals surface area (Å²) in [6, 6.07) is 7.69. The fourth-order valence-electron chi connectivity index (χ4n) is 3.14. The summed E-state index contributed by atoms with van der Waals surface area (Å²) in [7, 11) is 0. The van der Waals surface area contributed by atoms with Gasteiger partial charge in [0.25, 0.3) is 0 Å². The molecule has 0 spiro atoms. The Bertz CT molecular complexity index is 600. The van der Waals surface area contributed by atoms with E-state index < -0.39 is 0 Å². The van der Waals surface area contributed by atoms with E-state index in [-0.39, 0.29) is 25.1 Å². The van der Waals surface area contributed by atoms with Crippen molar-refractivity contribution in [1.82, 2.24) is 5.32 Å². The number of ketones is 1. The molecule has 0 radical (unpaired) electrons. The Balaban J connectivity index is 0.00000272. The molecule has 6 heteroatoms. The number of anilines is 1. The maximum Gasteiger partial charge on any atom is 0.223 e. The lowest BCUT2D eigenvalue weighted by atomic mass is 9.95. The van der Waals surface area contributed by atoms with Crippen LogP contribution in [0, 0.1) is 5.92 Å². The molecule has 1 heterocycles. The molecule has 1 saturated heterocycles. The molecule has 0 bridgehead atoms. The minimum Gasteiger partial charge on any atom is -0.377 e. The third kappa shape index (κ3) is 9.41. The Hall–Kier alpha value is -1.92. The van der Waals surface area contributed by atoms with Crippen LogP contribution >= 0.6 is 0 Å². The van der Waals surface area contributed by atoms with Gasteiger partial charge >= 0.3 is 0 Å². The number of hydrogen-bond acceptors (Lipinski definition) is 5. The Morgan fingerprint density at radius 2 is 1.72 bits per heavy atom. The molecule has 166 valence electrons. The van der Waals surface area contributed by atoms with Crippen molar-refractivity contribution in [1.29, 1.82) is 0 Å². The monoisotopic (exact) mass is 408 g/mol. The third-order valence-corrected chi connectivity index (χ3v) is 4.73. The number of hydrogen-bond donors (Lipinski definition) is 1. The minimum atomic E-state index is 0. The predicted molar refractivity (Wildman–Crippen MR) is 120 cm³/mol. The van der Waals surface area contributed by atoms with E-state index in [1.54, 1.807) is 6.92 Å². The topological polar surface area (TPSA) is 67.9 Å². The lowest BCUT2D eigenvalue weighted by Gasteiger charge is -2.33. The summed E-state index contributed by atoms with van der Waals surface area (Å²) in [6.07, 6.45) is 1.89. The number of nitrogens with zero attached hydrogens (tertiary/aromatic N) is 1. The lowest BCUT2D eigenvalue weighted by Crippen LogP contribution is -2.41. The third-order valence-electron chi connectivity index (χ3n) is 4.73. The number of ether oxygens (including phenoxy) is 2. The van der Waals surface area contributed by atoms with Gasteiger partial charge in [-0.3, -0.25) is 9.59 Å². The molecule has 0 saturated carbocycles. The maximum atomic E-state index is 12.3. The highest BCUT2D eigenvalue weighted by Crippen LogP contribution is 2.23. The van der Waals surface area contributed by atoms with Crippen molar-refractivity contribution in [2.75, 3.05) is 44.4 Å². The second-order valence-corrected chi connectivity index (χ2v) is 7.19. The fourth-order valence-corrected chi connectivity index (χ4v) is 3.14. The van der Waals surface area contributed by atoms with Crippen LogP contribution in [0.25, 0.3) is 0 Å². The van der Waals surface area contributed by atoms with Crippen LogP contribution in [0.15, 0.2) is 24.3 Å². The summed E-state index contributed by atoms with van der Waals surface area (Å²) in [5.41, 5.74) is 1.84. The Labute approximate surface area is 177 Å². The van der Waals surface area contributed by atoms with Gasteiger partial charge in [-0.1, -0.05) is 13.8 Å². The molecule has 2 rings (SSSR count). The number of rotatable bonds is 10. The van der Waals surface area contributed by atoms with Gasteiger partial charge < -0.3 is 19.7 Å². The number of Topliss-reactive ketones (excluding diaryl/α,β-unsaturated/α-hetero) is 1. The van der Waals surface area contributed by atoms with E-state index in [1.807, 2.05) is 52.0 Å². The van der Waals surface area contributed by atoms with E-state index in [9.17, 15) is 9.59 Å². The van der Waals surface area contributed by atoms with E-state index >= 15 is 0 Å². The van der Waals surface area contributed by atoms with Crippen LogP contribution in [0.2, 0.25) is 0 Å². The van der Waals surface area contributed by atoms with Crippen molar-refractivity contribution in [3.63, 3.8) is 0 Å². The number of carbonyl (C=O) groups is 2. The van der Waals surface area contributed by atoms with Gasteiger partial charge in [0, 0.05) is 38.2 Å². The van der Waals surface area contributed by atoms with Crippen LogP contribution in [-0.4, -0.2) is 57.2 Å². The van der Waals surface area contributed by atoms with Crippen LogP contribution in [0.3, 0.4) is 0 Å². The van der Waals surface area contributed by atoms with Crippen molar-refractivity contribution in [2.45, 2.75) is 53.6 Å². The summed E-state index contributed by atoms with van der Waals surface area (Å²) < 4.78 is 10.8. The van der Waals surface area contributed by atoms with E-state index in [2.05, 4.69) is 10.2 Å². The van der Waals surface area contributed by atoms with Crippen LogP contribution in [0.1, 0.15) is 59.2 Å². The maximum absolute atomic E-state index is 12.3. The Kier molecular flexibility index (Phi) is 12.2. The zero-order valence-electron chi connectivity index (χ0n) is 18.7. The van der Waals surface area contributed by atoms with Crippen molar-refractivity contribution in [3.05, 3.63) is 29.8 Å². The summed E-state index contributed by atoms with van der Waals surface area (Å²) in [5, 5.41) is 2.97. The van der Waals surface area contributed by atoms with Gasteiger partial charge in [-0.2, -0.15) is 0 Å². The molecular weight excluding hydrogens is 368 g/mol. The Morgan fingerprint density at radius 1 is 1.10 bits per heavy atom. The van der Waals surface area contributed by atoms with Gasteiger partial charge in [0.05, 0.1) is 25.9 Å². The highest BCUT2D eigenvalue weighted by molar-refractivity contribution is 5.94. The second-order valence-electron chi connectivity index (χ2n) is 7.19. The molecule has 1 aliphatic rings. The molecule has 0 aliphatic carbocycles. The minimum absolute atomic E-state index is 0. The zero-order valence-corrected chi connectivity index (χ0v) is 18.7. The standard InChI is InChI=1S/C21H32N2O4.C2H6.H2/c1-16(2)27-15-14-26-13-10-22-21(25)19-8-11-23(12-9-19)20-6-4-18(5-7-20)17(3)24;1-2;/h4-7,16,19H,8-15H2,1-3H3,(H,22,25);1-2H3;1H. The number of nitrogens with one attached hydrogen (secondary N) is 1. The molecule has 1 N–H and O–H groups in total. The van der Waals surface area contributed by atoms with Crippen molar-refractivity contribution in [3.8, 4) is 0 Å². The van der Waals surface area contributed by atoms with Gasteiger partial charge in [-0.15, -0.1) is 0 Å². The van der Waals surface area contributed by atoms with E-state index in [0.29, 0.717) is 26.4 Å². The first-order chi connectivity index (χ1) is 14.0. The van der Waals surface area contributed by atoms with Crippen molar-refractivity contribution >= 4 is 17.4 Å². The summed E-state index contributed by atoms with van der Waals surface area (Å²) >= 11 is 0. The van der Waals surface area contributed by atoms with Gasteiger partial charge in [-0.05, 0) is 57.9 Å². The average Bonchev–Trinajstić information content (AvgIpc) is 2.74. The predicted octanol–water partition coefficient (Wildman–Crippen LogP) is 3.94. The second kappa shape index (κ2) is 14.1. The molecule has 0 aromatic heterocycles. The number of piperidine rings is 1. The van der Waals surface area contributed by atoms with Gasteiger partial charge in [0.1, 0.15) is 0 Å². The van der Waals surface area contributed by atoms with Crippen LogP contribution in [0.5, 0.6) is 0 Å². The largest absolute Gasteiger partial charge is 0.377 e. The van der Waals surface area contributed by atoms with Gasteiger partial charge in [-0.25, -0.2) is 0 Å². The first kappa shape index (κ1) is 25.1. The molecule has 29 heavy (non-hydrogen) atoms. The van der Waals surface area contributed by atoms with Crippen molar-refractivity contribution < 1.29 is 20.5 Å². The summed E-state index contributed by atoms with van der Waals surface area (Å²) in [4.78, 5) is 25.9.